The molecule has 3 nitrogen and oxygen atoms in total. The first kappa shape index (κ1) is 12.4. The number of methoxy groups -OCH3 is 1. The average molecular weight is 297 g/mol. The van der Waals surface area contributed by atoms with Crippen molar-refractivity contribution in [2.45, 2.75) is 0 Å². The molecule has 0 fully saturated rings. The normalized spacial score (nSPS) is 15.9. The molecule has 4 rings (SSSR count). The molecule has 0 spiro atoms. The molecule has 0 saturated carbocycles. The summed E-state index contributed by atoms with van der Waals surface area (Å²) < 4.78 is 5.30. The first-order valence-electron chi connectivity index (χ1n) is 6.44. The van der Waals surface area contributed by atoms with E-state index in [2.05, 4.69) is 0 Å². The van der Waals surface area contributed by atoms with Gasteiger partial charge >= 0.3 is 0 Å². The van der Waals surface area contributed by atoms with Crippen molar-refractivity contribution >= 4 is 44.7 Å². The third kappa shape index (κ3) is 1.49. The van der Waals surface area contributed by atoms with E-state index in [-0.39, 0.29) is 11.6 Å². The maximum atomic E-state index is 12.2. The van der Waals surface area contributed by atoms with E-state index >= 15 is 0 Å². The van der Waals surface area contributed by atoms with Gasteiger partial charge in [0, 0.05) is 45.2 Å². The quantitative estimate of drug-likeness (QED) is 0.804. The fourth-order valence-corrected chi connectivity index (χ4v) is 3.28. The monoisotopic (exact) mass is 296 g/mol. The zero-order valence-corrected chi connectivity index (χ0v) is 11.8. The summed E-state index contributed by atoms with van der Waals surface area (Å²) in [5, 5.41) is 1.88. The number of allylic oxidation sites excluding steroid dienone is 2. The Bertz CT molecular complexity index is 919. The molecule has 2 aromatic carbocycles. The largest absolute Gasteiger partial charge is 0.496 e. The van der Waals surface area contributed by atoms with Crippen LogP contribution in [0.5, 0.6) is 0 Å². The number of rotatable bonds is 1. The highest BCUT2D eigenvalue weighted by atomic mass is 35.5. The van der Waals surface area contributed by atoms with Crippen LogP contribution in [0.3, 0.4) is 0 Å². The number of ketones is 2. The van der Waals surface area contributed by atoms with Crippen LogP contribution in [-0.4, -0.2) is 18.7 Å². The van der Waals surface area contributed by atoms with E-state index in [4.69, 9.17) is 16.3 Å². The Balaban J connectivity index is 2.25. The molecule has 0 bridgehead atoms. The summed E-state index contributed by atoms with van der Waals surface area (Å²) in [6, 6.07) is 7.12. The van der Waals surface area contributed by atoms with E-state index in [1.165, 1.54) is 19.3 Å². The van der Waals surface area contributed by atoms with Gasteiger partial charge in [0.25, 0.3) is 0 Å². The van der Waals surface area contributed by atoms with Crippen LogP contribution in [0.2, 0.25) is 0 Å². The van der Waals surface area contributed by atoms with Crippen LogP contribution in [-0.2, 0) is 4.74 Å². The molecule has 0 unspecified atom stereocenters. The first-order chi connectivity index (χ1) is 10.1. The Labute approximate surface area is 125 Å². The predicted molar refractivity (Wildman–Crippen MR) is 81.4 cm³/mol. The van der Waals surface area contributed by atoms with Crippen LogP contribution in [0, 0.1) is 0 Å². The second kappa shape index (κ2) is 4.06. The van der Waals surface area contributed by atoms with Gasteiger partial charge < -0.3 is 4.74 Å². The Kier molecular flexibility index (Phi) is 2.39. The third-order valence-electron chi connectivity index (χ3n) is 3.95. The predicted octanol–water partition coefficient (Wildman–Crippen LogP) is 3.80. The minimum Gasteiger partial charge on any atom is -0.496 e. The van der Waals surface area contributed by atoms with E-state index in [9.17, 15) is 9.59 Å². The zero-order chi connectivity index (χ0) is 14.7. The maximum absolute atomic E-state index is 12.2. The van der Waals surface area contributed by atoms with Crippen molar-refractivity contribution in [1.82, 2.24) is 0 Å². The Morgan fingerprint density at radius 3 is 2.00 bits per heavy atom. The minimum absolute atomic E-state index is 0.124. The number of hydrogen-bond acceptors (Lipinski definition) is 3. The van der Waals surface area contributed by atoms with Gasteiger partial charge in [0.05, 0.1) is 12.1 Å². The van der Waals surface area contributed by atoms with E-state index in [0.29, 0.717) is 21.9 Å². The maximum Gasteiger partial charge on any atom is 0.190 e. The molecule has 2 aliphatic carbocycles. The lowest BCUT2D eigenvalue weighted by atomic mass is 9.83. The molecule has 0 aliphatic heterocycles. The molecule has 2 aliphatic rings. The van der Waals surface area contributed by atoms with Gasteiger partial charge in [-0.25, -0.2) is 0 Å². The molecular weight excluding hydrogens is 288 g/mol. The number of ether oxygens (including phenoxy) is 1. The molecule has 0 amide bonds. The van der Waals surface area contributed by atoms with Crippen LogP contribution in [0.1, 0.15) is 31.8 Å². The molecule has 0 N–H and O–H groups in total. The van der Waals surface area contributed by atoms with Gasteiger partial charge in [0.15, 0.2) is 11.6 Å². The lowest BCUT2D eigenvalue weighted by molar-refractivity contribution is 0.103. The van der Waals surface area contributed by atoms with Crippen molar-refractivity contribution in [3.05, 3.63) is 58.7 Å². The minimum atomic E-state index is -0.142. The number of carbonyl (C=O) groups is 2. The van der Waals surface area contributed by atoms with Gasteiger partial charge in [-0.2, -0.15) is 0 Å². The highest BCUT2D eigenvalue weighted by molar-refractivity contribution is 6.53. The third-order valence-corrected chi connectivity index (χ3v) is 4.27. The van der Waals surface area contributed by atoms with Crippen molar-refractivity contribution in [3.63, 3.8) is 0 Å². The second-order valence-electron chi connectivity index (χ2n) is 5.00. The number of benzene rings is 2. The van der Waals surface area contributed by atoms with Gasteiger partial charge in [0.1, 0.15) is 5.76 Å². The van der Waals surface area contributed by atoms with Crippen LogP contribution >= 0.6 is 11.6 Å². The molecule has 4 heteroatoms. The van der Waals surface area contributed by atoms with Gasteiger partial charge in [-0.15, -0.1) is 0 Å². The number of halogens is 1. The number of hydrogen-bond donors (Lipinski definition) is 0. The van der Waals surface area contributed by atoms with Crippen LogP contribution in [0.25, 0.3) is 21.6 Å². The van der Waals surface area contributed by atoms with Crippen molar-refractivity contribution in [3.8, 4) is 0 Å². The average Bonchev–Trinajstić information content (AvgIpc) is 2.48. The van der Waals surface area contributed by atoms with Gasteiger partial charge in [0.2, 0.25) is 0 Å². The second-order valence-corrected chi connectivity index (χ2v) is 5.41. The summed E-state index contributed by atoms with van der Waals surface area (Å²) in [5.41, 5.74) is 2.73. The molecule has 2 aromatic rings. The Morgan fingerprint density at radius 1 is 0.810 bits per heavy atom. The van der Waals surface area contributed by atoms with Crippen LogP contribution in [0.4, 0.5) is 0 Å². The van der Waals surface area contributed by atoms with Crippen LogP contribution in [0.15, 0.2) is 36.4 Å². The summed E-state index contributed by atoms with van der Waals surface area (Å²) in [6.07, 6.45) is 2.89. The zero-order valence-electron chi connectivity index (χ0n) is 11.1. The molecule has 0 heterocycles. The topological polar surface area (TPSA) is 43.4 Å². The fourth-order valence-electron chi connectivity index (χ4n) is 3.02. The molecule has 0 atom stereocenters. The van der Waals surface area contributed by atoms with E-state index < -0.39 is 0 Å². The highest BCUT2D eigenvalue weighted by Gasteiger charge is 2.27. The smallest absolute Gasteiger partial charge is 0.190 e. The van der Waals surface area contributed by atoms with Gasteiger partial charge in [-0.3, -0.25) is 9.59 Å². The molecule has 21 heavy (non-hydrogen) atoms. The fraction of sp³-hybridized carbons (Fsp3) is 0.0588. The summed E-state index contributed by atoms with van der Waals surface area (Å²) in [4.78, 5) is 24.4. The van der Waals surface area contributed by atoms with Crippen molar-refractivity contribution in [2.75, 3.05) is 7.11 Å². The summed E-state index contributed by atoms with van der Waals surface area (Å²) in [5.74, 6) is 0.243. The van der Waals surface area contributed by atoms with Gasteiger partial charge in [-0.1, -0.05) is 17.7 Å². The van der Waals surface area contributed by atoms with Gasteiger partial charge in [-0.05, 0) is 18.2 Å². The van der Waals surface area contributed by atoms with E-state index in [0.717, 1.165) is 21.9 Å². The van der Waals surface area contributed by atoms with E-state index in [1.54, 1.807) is 18.2 Å². The molecular formula is C17H9ClO3. The summed E-state index contributed by atoms with van der Waals surface area (Å²) >= 11 is 6.19. The van der Waals surface area contributed by atoms with Crippen LogP contribution < -0.4 is 0 Å². The van der Waals surface area contributed by atoms with Crippen molar-refractivity contribution in [2.24, 2.45) is 0 Å². The van der Waals surface area contributed by atoms with E-state index in [1.807, 2.05) is 6.07 Å². The SMILES string of the molecule is COC1=CC(=O)c2ccc3c4c(ccc1c24)C(=O)C=C3Cl. The summed E-state index contributed by atoms with van der Waals surface area (Å²) in [7, 11) is 1.53. The lowest BCUT2D eigenvalue weighted by Crippen LogP contribution is -2.11. The highest BCUT2D eigenvalue weighted by Crippen LogP contribution is 2.41. The molecule has 0 saturated heterocycles. The lowest BCUT2D eigenvalue weighted by Gasteiger charge is -2.22. The molecule has 0 radical (unpaired) electrons. The summed E-state index contributed by atoms with van der Waals surface area (Å²) in [6.45, 7) is 0. The first-order valence-corrected chi connectivity index (χ1v) is 6.81. The van der Waals surface area contributed by atoms with Crippen molar-refractivity contribution < 1.29 is 14.3 Å². The standard InChI is InChI=1S/C17H9ClO3/c1-21-15-7-14(20)10-3-2-8-12(18)6-13(19)9-4-5-11(15)17(10)16(8)9/h2-7H,1H3. The molecule has 102 valence electrons. The van der Waals surface area contributed by atoms with Crippen molar-refractivity contribution in [1.29, 1.82) is 0 Å². The number of carbonyl (C=O) groups excluding carboxylic acids is 2. The molecule has 0 aromatic heterocycles. The Hall–Kier alpha value is -2.39. The Morgan fingerprint density at radius 2 is 1.33 bits per heavy atom.